The summed E-state index contributed by atoms with van der Waals surface area (Å²) in [4.78, 5) is 10.0. The number of allylic oxidation sites excluding steroid dienone is 2. The van der Waals surface area contributed by atoms with Gasteiger partial charge in [0.2, 0.25) is 0 Å². The van der Waals surface area contributed by atoms with Crippen molar-refractivity contribution in [3.63, 3.8) is 0 Å². The van der Waals surface area contributed by atoms with Gasteiger partial charge in [-0.1, -0.05) is 30.9 Å². The third-order valence-corrected chi connectivity index (χ3v) is 6.96. The molecule has 5 rings (SSSR count). The Morgan fingerprint density at radius 3 is 2.64 bits per heavy atom. The molecule has 0 saturated heterocycles. The van der Waals surface area contributed by atoms with Crippen molar-refractivity contribution < 1.29 is 4.39 Å². The lowest BCUT2D eigenvalue weighted by molar-refractivity contribution is 0.400. The summed E-state index contributed by atoms with van der Waals surface area (Å²) in [6, 6.07) is 15.8. The molecule has 3 heterocycles. The molecule has 0 fully saturated rings. The minimum atomic E-state index is -0.229. The Hall–Kier alpha value is -4.29. The highest BCUT2D eigenvalue weighted by Gasteiger charge is 2.17. The molecular formula is C33H34FN5. The van der Waals surface area contributed by atoms with E-state index in [2.05, 4.69) is 76.1 Å². The van der Waals surface area contributed by atoms with Crippen LogP contribution in [0.5, 0.6) is 0 Å². The van der Waals surface area contributed by atoms with Crippen molar-refractivity contribution in [3.05, 3.63) is 113 Å². The normalized spacial score (nSPS) is 12.0. The number of pyridine rings is 1. The predicted molar refractivity (Wildman–Crippen MR) is 159 cm³/mol. The van der Waals surface area contributed by atoms with Crippen LogP contribution in [-0.4, -0.2) is 45.7 Å². The lowest BCUT2D eigenvalue weighted by Crippen LogP contribution is -2.13. The molecule has 0 atom stereocenters. The Kier molecular flexibility index (Phi) is 7.57. The van der Waals surface area contributed by atoms with Gasteiger partial charge in [0.25, 0.3) is 0 Å². The molecule has 5 nitrogen and oxygen atoms in total. The lowest BCUT2D eigenvalue weighted by atomic mass is 9.94. The molecule has 0 saturated carbocycles. The first-order chi connectivity index (χ1) is 18.8. The van der Waals surface area contributed by atoms with Gasteiger partial charge in [0.15, 0.2) is 0 Å². The highest BCUT2D eigenvalue weighted by Crippen LogP contribution is 2.35. The molecule has 0 aliphatic carbocycles. The van der Waals surface area contributed by atoms with Gasteiger partial charge in [-0.15, -0.1) is 0 Å². The van der Waals surface area contributed by atoms with Crippen LogP contribution in [0.2, 0.25) is 0 Å². The zero-order valence-corrected chi connectivity index (χ0v) is 23.0. The maximum absolute atomic E-state index is 14.7. The highest BCUT2D eigenvalue weighted by molar-refractivity contribution is 5.96. The number of nitrogens with zero attached hydrogens (tertiary/aromatic N) is 3. The van der Waals surface area contributed by atoms with Crippen molar-refractivity contribution in [1.29, 1.82) is 0 Å². The quantitative estimate of drug-likeness (QED) is 0.198. The highest BCUT2D eigenvalue weighted by atomic mass is 19.1. The summed E-state index contributed by atoms with van der Waals surface area (Å²) in [5.74, 6) is -0.229. The van der Waals surface area contributed by atoms with Crippen molar-refractivity contribution in [1.82, 2.24) is 25.1 Å². The van der Waals surface area contributed by atoms with Gasteiger partial charge in [-0.2, -0.15) is 5.10 Å². The molecule has 0 radical (unpaired) electrons. The number of halogens is 1. The number of aromatic amines is 2. The van der Waals surface area contributed by atoms with E-state index in [1.165, 1.54) is 0 Å². The second-order valence-electron chi connectivity index (χ2n) is 10.4. The number of rotatable bonds is 9. The number of benzene rings is 2. The second kappa shape index (κ2) is 11.2. The maximum Gasteiger partial charge on any atom is 0.124 e. The topological polar surface area (TPSA) is 60.6 Å². The molecule has 0 bridgehead atoms. The van der Waals surface area contributed by atoms with Gasteiger partial charge < -0.3 is 9.88 Å². The maximum atomic E-state index is 14.7. The SMILES string of the molecule is C=C/C=C(/c1cc(F)cc(CCCN(C)C)c1)c1cc(-c2n[nH]c3ccc(-c4cncc(C)c4)cc23)[nH]c1C. The molecule has 0 aliphatic heterocycles. The van der Waals surface area contributed by atoms with Crippen LogP contribution in [0, 0.1) is 19.7 Å². The molecule has 3 aromatic heterocycles. The number of fused-ring (bicyclic) bond motifs is 1. The van der Waals surface area contributed by atoms with E-state index in [9.17, 15) is 4.39 Å². The summed E-state index contributed by atoms with van der Waals surface area (Å²) >= 11 is 0. The number of aryl methyl sites for hydroxylation is 3. The van der Waals surface area contributed by atoms with Gasteiger partial charge >= 0.3 is 0 Å². The van der Waals surface area contributed by atoms with E-state index in [-0.39, 0.29) is 5.82 Å². The van der Waals surface area contributed by atoms with Crippen molar-refractivity contribution in [2.75, 3.05) is 20.6 Å². The van der Waals surface area contributed by atoms with E-state index >= 15 is 0 Å². The van der Waals surface area contributed by atoms with Crippen LogP contribution in [0.3, 0.4) is 0 Å². The monoisotopic (exact) mass is 519 g/mol. The molecule has 2 aromatic carbocycles. The predicted octanol–water partition coefficient (Wildman–Crippen LogP) is 7.49. The fourth-order valence-corrected chi connectivity index (χ4v) is 5.09. The first-order valence-corrected chi connectivity index (χ1v) is 13.2. The van der Waals surface area contributed by atoms with E-state index in [1.54, 1.807) is 18.2 Å². The van der Waals surface area contributed by atoms with Gasteiger partial charge in [0.05, 0.1) is 11.2 Å². The summed E-state index contributed by atoms with van der Waals surface area (Å²) in [5, 5.41) is 8.83. The van der Waals surface area contributed by atoms with Crippen molar-refractivity contribution in [2.45, 2.75) is 26.7 Å². The third kappa shape index (κ3) is 5.76. The van der Waals surface area contributed by atoms with Crippen LogP contribution in [0.15, 0.2) is 79.7 Å². The van der Waals surface area contributed by atoms with Gasteiger partial charge in [0.1, 0.15) is 11.5 Å². The van der Waals surface area contributed by atoms with Crippen LogP contribution in [0.4, 0.5) is 4.39 Å². The number of hydrogen-bond acceptors (Lipinski definition) is 3. The molecule has 6 heteroatoms. The molecule has 0 amide bonds. The van der Waals surface area contributed by atoms with Crippen LogP contribution >= 0.6 is 0 Å². The van der Waals surface area contributed by atoms with Crippen LogP contribution in [0.1, 0.15) is 34.4 Å². The van der Waals surface area contributed by atoms with Gasteiger partial charge in [-0.25, -0.2) is 4.39 Å². The fraction of sp³-hybridized carbons (Fsp3) is 0.212. The zero-order valence-electron chi connectivity index (χ0n) is 23.0. The van der Waals surface area contributed by atoms with Crippen molar-refractivity contribution >= 4 is 16.5 Å². The van der Waals surface area contributed by atoms with E-state index in [1.807, 2.05) is 38.4 Å². The van der Waals surface area contributed by atoms with Crippen LogP contribution < -0.4 is 0 Å². The number of aromatic nitrogens is 4. The van der Waals surface area contributed by atoms with Crippen LogP contribution in [-0.2, 0) is 6.42 Å². The Labute approximate surface area is 229 Å². The fourth-order valence-electron chi connectivity index (χ4n) is 5.09. The Morgan fingerprint density at radius 1 is 1.03 bits per heavy atom. The first-order valence-electron chi connectivity index (χ1n) is 13.2. The summed E-state index contributed by atoms with van der Waals surface area (Å²) in [6.07, 6.45) is 9.23. The number of hydrogen-bond donors (Lipinski definition) is 2. The first kappa shape index (κ1) is 26.3. The number of H-pyrrole nitrogens is 2. The Balaban J connectivity index is 1.53. The lowest BCUT2D eigenvalue weighted by Gasteiger charge is -2.12. The largest absolute Gasteiger partial charge is 0.357 e. The zero-order chi connectivity index (χ0) is 27.5. The van der Waals surface area contributed by atoms with E-state index in [0.29, 0.717) is 0 Å². The van der Waals surface area contributed by atoms with Crippen molar-refractivity contribution in [2.24, 2.45) is 0 Å². The van der Waals surface area contributed by atoms with Gasteiger partial charge in [-0.3, -0.25) is 10.1 Å². The average molecular weight is 520 g/mol. The average Bonchev–Trinajstić information content (AvgIpc) is 3.49. The summed E-state index contributed by atoms with van der Waals surface area (Å²) in [7, 11) is 4.11. The summed E-state index contributed by atoms with van der Waals surface area (Å²) in [5.41, 5.74) is 10.7. The minimum absolute atomic E-state index is 0.229. The molecule has 0 unspecified atom stereocenters. The van der Waals surface area contributed by atoms with E-state index < -0.39 is 0 Å². The van der Waals surface area contributed by atoms with E-state index in [4.69, 9.17) is 0 Å². The molecular weight excluding hydrogens is 485 g/mol. The van der Waals surface area contributed by atoms with E-state index in [0.717, 1.165) is 86.3 Å². The summed E-state index contributed by atoms with van der Waals surface area (Å²) in [6.45, 7) is 8.96. The van der Waals surface area contributed by atoms with Gasteiger partial charge in [0, 0.05) is 34.6 Å². The van der Waals surface area contributed by atoms with Crippen LogP contribution in [0.25, 0.3) is 39.0 Å². The molecule has 39 heavy (non-hydrogen) atoms. The molecule has 198 valence electrons. The Morgan fingerprint density at radius 2 is 1.87 bits per heavy atom. The second-order valence-corrected chi connectivity index (χ2v) is 10.4. The third-order valence-electron chi connectivity index (χ3n) is 6.96. The standard InChI is InChI=1S/C33H34FN5/c1-6-8-28(25-14-23(15-27(34)16-25)9-7-12-39(4)5)29-18-32(36-22(29)3)33-30-17-24(10-11-31(30)37-38-33)26-13-21(2)19-35-20-26/h6,8,10-11,13-20,36H,1,7,9,12H2,2-5H3,(H,37,38)/b28-8-. The molecule has 0 aliphatic rings. The summed E-state index contributed by atoms with van der Waals surface area (Å²) < 4.78 is 14.7. The minimum Gasteiger partial charge on any atom is -0.357 e. The molecule has 2 N–H and O–H groups in total. The molecule has 5 aromatic rings. The molecule has 0 spiro atoms. The Bertz CT molecular complexity index is 1670. The number of nitrogens with one attached hydrogen (secondary N) is 2. The van der Waals surface area contributed by atoms with Gasteiger partial charge in [-0.05, 0) is 112 Å². The van der Waals surface area contributed by atoms with Crippen molar-refractivity contribution in [3.8, 4) is 22.5 Å². The smallest absolute Gasteiger partial charge is 0.124 e.